The van der Waals surface area contributed by atoms with E-state index in [-0.39, 0.29) is 18.6 Å². The summed E-state index contributed by atoms with van der Waals surface area (Å²) in [4.78, 5) is 7.97. The summed E-state index contributed by atoms with van der Waals surface area (Å²) in [5.74, 6) is 1.40. The van der Waals surface area contributed by atoms with E-state index in [2.05, 4.69) is 15.3 Å². The van der Waals surface area contributed by atoms with E-state index < -0.39 is 0 Å². The molecule has 0 amide bonds. The highest BCUT2D eigenvalue weighted by Crippen LogP contribution is 2.13. The van der Waals surface area contributed by atoms with E-state index in [4.69, 9.17) is 9.84 Å². The summed E-state index contributed by atoms with van der Waals surface area (Å²) in [7, 11) is 1.56. The molecule has 1 aromatic rings. The van der Waals surface area contributed by atoms with Crippen LogP contribution < -0.4 is 10.1 Å². The smallest absolute Gasteiger partial charge is 0.218 e. The Kier molecular flexibility index (Phi) is 4.30. The number of nitrogens with one attached hydrogen (secondary N) is 1. The van der Waals surface area contributed by atoms with Crippen LogP contribution >= 0.6 is 0 Å². The minimum atomic E-state index is 0.148. The van der Waals surface area contributed by atoms with Gasteiger partial charge in [-0.3, -0.25) is 0 Å². The molecule has 15 heavy (non-hydrogen) atoms. The molecule has 0 aliphatic heterocycles. The van der Waals surface area contributed by atoms with E-state index in [9.17, 15) is 0 Å². The van der Waals surface area contributed by atoms with Crippen LogP contribution in [0, 0.1) is 5.92 Å². The quantitative estimate of drug-likeness (QED) is 0.758. The summed E-state index contributed by atoms with van der Waals surface area (Å²) in [5.41, 5.74) is 0. The van der Waals surface area contributed by atoms with Gasteiger partial charge in [-0.25, -0.2) is 9.97 Å². The van der Waals surface area contributed by atoms with Crippen molar-refractivity contribution in [2.24, 2.45) is 5.92 Å². The van der Waals surface area contributed by atoms with Crippen LogP contribution in [0.1, 0.15) is 13.8 Å². The van der Waals surface area contributed by atoms with Crippen LogP contribution in [-0.2, 0) is 0 Å². The van der Waals surface area contributed by atoms with Crippen molar-refractivity contribution < 1.29 is 9.84 Å². The zero-order valence-electron chi connectivity index (χ0n) is 9.27. The second-order valence-corrected chi connectivity index (χ2v) is 3.54. The fraction of sp³-hybridized carbons (Fsp3) is 0.600. The summed E-state index contributed by atoms with van der Waals surface area (Å²) < 4.78 is 4.98. The third-order valence-corrected chi connectivity index (χ3v) is 2.37. The molecule has 1 rings (SSSR count). The standard InChI is InChI=1S/C10H17N3O2/c1-7(5-14)8(2)13-9-4-10(15-3)12-6-11-9/h4,6-8,14H,5H2,1-3H3,(H,11,12,13). The van der Waals surface area contributed by atoms with Crippen molar-refractivity contribution in [3.8, 4) is 5.88 Å². The zero-order valence-corrected chi connectivity index (χ0v) is 9.27. The summed E-state index contributed by atoms with van der Waals surface area (Å²) in [5, 5.41) is 12.2. The van der Waals surface area contributed by atoms with Gasteiger partial charge in [0, 0.05) is 18.7 Å². The second kappa shape index (κ2) is 5.50. The molecule has 0 bridgehead atoms. The maximum absolute atomic E-state index is 8.99. The van der Waals surface area contributed by atoms with E-state index in [0.29, 0.717) is 11.7 Å². The summed E-state index contributed by atoms with van der Waals surface area (Å²) in [6, 6.07) is 1.87. The van der Waals surface area contributed by atoms with Crippen molar-refractivity contribution in [1.29, 1.82) is 0 Å². The maximum atomic E-state index is 8.99. The van der Waals surface area contributed by atoms with E-state index in [1.54, 1.807) is 13.2 Å². The van der Waals surface area contributed by atoms with Gasteiger partial charge >= 0.3 is 0 Å². The van der Waals surface area contributed by atoms with Crippen molar-refractivity contribution in [2.75, 3.05) is 19.0 Å². The molecule has 0 saturated heterocycles. The van der Waals surface area contributed by atoms with Crippen molar-refractivity contribution in [1.82, 2.24) is 9.97 Å². The lowest BCUT2D eigenvalue weighted by molar-refractivity contribution is 0.226. The highest BCUT2D eigenvalue weighted by atomic mass is 16.5. The number of aliphatic hydroxyl groups is 1. The number of hydrogen-bond donors (Lipinski definition) is 2. The Bertz CT molecular complexity index is 306. The van der Waals surface area contributed by atoms with Crippen LogP contribution in [0.4, 0.5) is 5.82 Å². The largest absolute Gasteiger partial charge is 0.481 e. The van der Waals surface area contributed by atoms with Crippen LogP contribution in [-0.4, -0.2) is 34.8 Å². The van der Waals surface area contributed by atoms with Crippen LogP contribution in [0.2, 0.25) is 0 Å². The van der Waals surface area contributed by atoms with Gasteiger partial charge in [0.2, 0.25) is 5.88 Å². The molecule has 0 aliphatic rings. The predicted molar refractivity (Wildman–Crippen MR) is 57.9 cm³/mol. The van der Waals surface area contributed by atoms with Gasteiger partial charge in [0.25, 0.3) is 0 Å². The monoisotopic (exact) mass is 211 g/mol. The number of anilines is 1. The van der Waals surface area contributed by atoms with Crippen LogP contribution in [0.25, 0.3) is 0 Å². The van der Waals surface area contributed by atoms with Gasteiger partial charge in [0.05, 0.1) is 7.11 Å². The molecule has 84 valence electrons. The lowest BCUT2D eigenvalue weighted by Gasteiger charge is -2.19. The Hall–Kier alpha value is -1.36. The molecule has 5 nitrogen and oxygen atoms in total. The molecule has 0 aliphatic carbocycles. The van der Waals surface area contributed by atoms with Crippen LogP contribution in [0.15, 0.2) is 12.4 Å². The lowest BCUT2D eigenvalue weighted by atomic mass is 10.1. The number of aromatic nitrogens is 2. The molecule has 0 saturated carbocycles. The fourth-order valence-electron chi connectivity index (χ4n) is 1.06. The normalized spacial score (nSPS) is 14.4. The average Bonchev–Trinajstić information content (AvgIpc) is 2.28. The first kappa shape index (κ1) is 11.7. The van der Waals surface area contributed by atoms with Gasteiger partial charge in [-0.1, -0.05) is 6.92 Å². The fourth-order valence-corrected chi connectivity index (χ4v) is 1.06. The molecule has 2 unspecified atom stereocenters. The molecular weight excluding hydrogens is 194 g/mol. The number of hydrogen-bond acceptors (Lipinski definition) is 5. The Morgan fingerprint density at radius 3 is 2.80 bits per heavy atom. The predicted octanol–water partition coefficient (Wildman–Crippen LogP) is 0.914. The molecule has 0 aromatic carbocycles. The number of aliphatic hydroxyl groups excluding tert-OH is 1. The summed E-state index contributed by atoms with van der Waals surface area (Å²) in [6.07, 6.45) is 1.44. The Labute approximate surface area is 89.5 Å². The van der Waals surface area contributed by atoms with Crippen LogP contribution in [0.3, 0.4) is 0 Å². The molecule has 2 atom stereocenters. The van der Waals surface area contributed by atoms with Gasteiger partial charge in [0.1, 0.15) is 12.1 Å². The average molecular weight is 211 g/mol. The highest BCUT2D eigenvalue weighted by molar-refractivity contribution is 5.37. The first-order valence-corrected chi connectivity index (χ1v) is 4.90. The van der Waals surface area contributed by atoms with Crippen LogP contribution in [0.5, 0.6) is 5.88 Å². The molecule has 0 fully saturated rings. The SMILES string of the molecule is COc1cc(NC(C)C(C)CO)ncn1. The lowest BCUT2D eigenvalue weighted by Crippen LogP contribution is -2.26. The second-order valence-electron chi connectivity index (χ2n) is 3.54. The van der Waals surface area contributed by atoms with Gasteiger partial charge in [-0.05, 0) is 12.8 Å². The Balaban J connectivity index is 2.63. The number of methoxy groups -OCH3 is 1. The van der Waals surface area contributed by atoms with Crippen molar-refractivity contribution in [3.63, 3.8) is 0 Å². The number of ether oxygens (including phenoxy) is 1. The molecule has 1 aromatic heterocycles. The third-order valence-electron chi connectivity index (χ3n) is 2.37. The minimum Gasteiger partial charge on any atom is -0.481 e. The van der Waals surface area contributed by atoms with Gasteiger partial charge in [-0.15, -0.1) is 0 Å². The topological polar surface area (TPSA) is 67.3 Å². The molecule has 5 heteroatoms. The summed E-state index contributed by atoms with van der Waals surface area (Å²) >= 11 is 0. The molecular formula is C10H17N3O2. The number of rotatable bonds is 5. The van der Waals surface area contributed by atoms with Crippen molar-refractivity contribution in [3.05, 3.63) is 12.4 Å². The van der Waals surface area contributed by atoms with Crippen molar-refractivity contribution in [2.45, 2.75) is 19.9 Å². The Morgan fingerprint density at radius 2 is 2.20 bits per heavy atom. The highest BCUT2D eigenvalue weighted by Gasteiger charge is 2.11. The maximum Gasteiger partial charge on any atom is 0.218 e. The van der Waals surface area contributed by atoms with E-state index in [0.717, 1.165) is 0 Å². The van der Waals surface area contributed by atoms with E-state index >= 15 is 0 Å². The molecule has 1 heterocycles. The molecule has 0 spiro atoms. The van der Waals surface area contributed by atoms with E-state index in [1.807, 2.05) is 13.8 Å². The van der Waals surface area contributed by atoms with E-state index in [1.165, 1.54) is 6.33 Å². The first-order valence-electron chi connectivity index (χ1n) is 4.90. The van der Waals surface area contributed by atoms with Gasteiger partial charge in [0.15, 0.2) is 0 Å². The molecule has 2 N–H and O–H groups in total. The minimum absolute atomic E-state index is 0.148. The summed E-state index contributed by atoms with van der Waals surface area (Å²) in [6.45, 7) is 4.11. The third kappa shape index (κ3) is 3.36. The Morgan fingerprint density at radius 1 is 1.47 bits per heavy atom. The van der Waals surface area contributed by atoms with Gasteiger partial charge in [-0.2, -0.15) is 0 Å². The zero-order chi connectivity index (χ0) is 11.3. The van der Waals surface area contributed by atoms with Crippen molar-refractivity contribution >= 4 is 5.82 Å². The van der Waals surface area contributed by atoms with Gasteiger partial charge < -0.3 is 15.2 Å². The first-order chi connectivity index (χ1) is 7.17. The molecule has 0 radical (unpaired) electrons. The number of nitrogens with zero attached hydrogens (tertiary/aromatic N) is 2.